The van der Waals surface area contributed by atoms with Crippen molar-refractivity contribution in [2.75, 3.05) is 13.7 Å². The summed E-state index contributed by atoms with van der Waals surface area (Å²) in [6, 6.07) is 8.46. The van der Waals surface area contributed by atoms with Crippen LogP contribution in [-0.2, 0) is 24.3 Å². The van der Waals surface area contributed by atoms with Gasteiger partial charge < -0.3 is 19.3 Å². The molecule has 6 heteroatoms. The Labute approximate surface area is 123 Å². The van der Waals surface area contributed by atoms with E-state index >= 15 is 0 Å². The van der Waals surface area contributed by atoms with Gasteiger partial charge in [0.15, 0.2) is 5.82 Å². The first-order chi connectivity index (χ1) is 10.3. The number of hydrogen-bond acceptors (Lipinski definition) is 6. The highest BCUT2D eigenvalue weighted by atomic mass is 16.5. The summed E-state index contributed by atoms with van der Waals surface area (Å²) in [6.45, 7) is 1.56. The predicted molar refractivity (Wildman–Crippen MR) is 75.9 cm³/mol. The monoisotopic (exact) mass is 289 g/mol. The smallest absolute Gasteiger partial charge is 0.240 e. The van der Waals surface area contributed by atoms with Crippen LogP contribution in [0.25, 0.3) is 0 Å². The van der Waals surface area contributed by atoms with Gasteiger partial charge >= 0.3 is 0 Å². The highest BCUT2D eigenvalue weighted by molar-refractivity contribution is 5.34. The van der Waals surface area contributed by atoms with Crippen LogP contribution in [0.1, 0.15) is 23.7 Å². The van der Waals surface area contributed by atoms with Gasteiger partial charge in [0.25, 0.3) is 0 Å². The van der Waals surface area contributed by atoms with E-state index in [1.807, 2.05) is 18.2 Å². The lowest BCUT2D eigenvalue weighted by molar-refractivity contribution is 0.174. The van der Waals surface area contributed by atoms with E-state index in [2.05, 4.69) is 21.5 Å². The molecule has 6 nitrogen and oxygen atoms in total. The Morgan fingerprint density at radius 2 is 2.29 bits per heavy atom. The van der Waals surface area contributed by atoms with E-state index in [9.17, 15) is 0 Å². The molecule has 1 atom stereocenters. The van der Waals surface area contributed by atoms with Crippen molar-refractivity contribution >= 4 is 0 Å². The Morgan fingerprint density at radius 3 is 3.19 bits per heavy atom. The van der Waals surface area contributed by atoms with Gasteiger partial charge in [0.05, 0.1) is 6.54 Å². The molecule has 3 rings (SSSR count). The fourth-order valence-corrected chi connectivity index (χ4v) is 2.40. The van der Waals surface area contributed by atoms with Crippen molar-refractivity contribution in [3.8, 4) is 5.75 Å². The van der Waals surface area contributed by atoms with Crippen LogP contribution in [0.2, 0.25) is 0 Å². The number of ether oxygens (including phenoxy) is 2. The number of rotatable bonds is 5. The number of nitrogens with one attached hydrogen (secondary N) is 1. The van der Waals surface area contributed by atoms with Crippen molar-refractivity contribution < 1.29 is 14.0 Å². The van der Waals surface area contributed by atoms with E-state index in [0.29, 0.717) is 31.5 Å². The Kier molecular flexibility index (Phi) is 4.47. The van der Waals surface area contributed by atoms with Crippen molar-refractivity contribution in [2.24, 2.45) is 0 Å². The first-order valence-corrected chi connectivity index (χ1v) is 7.09. The van der Waals surface area contributed by atoms with Crippen LogP contribution in [0.5, 0.6) is 5.75 Å². The Balaban J connectivity index is 1.52. The largest absolute Gasteiger partial charge is 0.492 e. The van der Waals surface area contributed by atoms with Crippen LogP contribution in [0.4, 0.5) is 0 Å². The van der Waals surface area contributed by atoms with Gasteiger partial charge in [-0.25, -0.2) is 0 Å². The molecule has 1 aliphatic heterocycles. The number of hydrogen-bond donors (Lipinski definition) is 1. The minimum Gasteiger partial charge on any atom is -0.492 e. The minimum absolute atomic E-state index is 0.273. The normalized spacial score (nSPS) is 17.9. The van der Waals surface area contributed by atoms with Gasteiger partial charge in [-0.1, -0.05) is 23.4 Å². The molecule has 0 saturated heterocycles. The standard InChI is InChI=1S/C15H19N3O3/c1-19-10-14-17-15(21-18-14)8-16-12-7-6-11-4-2-3-5-13(11)20-9-12/h2-5,12,16H,6-10H2,1H3. The van der Waals surface area contributed by atoms with E-state index < -0.39 is 0 Å². The average Bonchev–Trinajstić information content (AvgIpc) is 2.85. The molecule has 0 amide bonds. The predicted octanol–water partition coefficient (Wildman–Crippen LogP) is 1.70. The molecule has 1 aromatic carbocycles. The summed E-state index contributed by atoms with van der Waals surface area (Å²) in [4.78, 5) is 4.24. The maximum absolute atomic E-state index is 5.84. The van der Waals surface area contributed by atoms with Gasteiger partial charge in [0, 0.05) is 13.2 Å². The number of fused-ring (bicyclic) bond motifs is 1. The molecule has 0 spiro atoms. The van der Waals surface area contributed by atoms with Crippen molar-refractivity contribution in [1.29, 1.82) is 0 Å². The molecular weight excluding hydrogens is 270 g/mol. The van der Waals surface area contributed by atoms with E-state index in [1.54, 1.807) is 7.11 Å². The summed E-state index contributed by atoms with van der Waals surface area (Å²) in [5.41, 5.74) is 1.27. The van der Waals surface area contributed by atoms with Crippen LogP contribution < -0.4 is 10.1 Å². The molecular formula is C15H19N3O3. The molecule has 2 heterocycles. The molecule has 2 aromatic rings. The van der Waals surface area contributed by atoms with Gasteiger partial charge in [0.1, 0.15) is 19.0 Å². The first-order valence-electron chi connectivity index (χ1n) is 7.09. The van der Waals surface area contributed by atoms with Crippen LogP contribution in [0.15, 0.2) is 28.8 Å². The van der Waals surface area contributed by atoms with E-state index in [-0.39, 0.29) is 6.04 Å². The molecule has 1 aliphatic rings. The van der Waals surface area contributed by atoms with Gasteiger partial charge in [-0.3, -0.25) is 0 Å². The molecule has 0 fully saturated rings. The zero-order valence-electron chi connectivity index (χ0n) is 12.0. The lowest BCUT2D eigenvalue weighted by Gasteiger charge is -2.14. The Bertz CT molecular complexity index is 558. The van der Waals surface area contributed by atoms with Crippen molar-refractivity contribution in [2.45, 2.75) is 32.0 Å². The minimum atomic E-state index is 0.273. The number of aryl methyl sites for hydroxylation is 1. The van der Waals surface area contributed by atoms with Gasteiger partial charge in [0.2, 0.25) is 5.89 Å². The number of methoxy groups -OCH3 is 1. The maximum Gasteiger partial charge on any atom is 0.240 e. The van der Waals surface area contributed by atoms with Crippen LogP contribution in [0.3, 0.4) is 0 Å². The molecule has 0 saturated carbocycles. The quantitative estimate of drug-likeness (QED) is 0.903. The van der Waals surface area contributed by atoms with Gasteiger partial charge in [-0.05, 0) is 24.5 Å². The molecule has 1 N–H and O–H groups in total. The third-order valence-electron chi connectivity index (χ3n) is 3.50. The van der Waals surface area contributed by atoms with E-state index in [4.69, 9.17) is 14.0 Å². The van der Waals surface area contributed by atoms with E-state index in [0.717, 1.165) is 18.6 Å². The second-order valence-corrected chi connectivity index (χ2v) is 5.07. The van der Waals surface area contributed by atoms with Crippen molar-refractivity contribution in [1.82, 2.24) is 15.5 Å². The zero-order valence-corrected chi connectivity index (χ0v) is 12.0. The summed E-state index contributed by atoms with van der Waals surface area (Å²) < 4.78 is 16.0. The van der Waals surface area contributed by atoms with Crippen LogP contribution in [-0.4, -0.2) is 29.9 Å². The topological polar surface area (TPSA) is 69.4 Å². The molecule has 21 heavy (non-hydrogen) atoms. The number of aromatic nitrogens is 2. The molecule has 112 valence electrons. The average molecular weight is 289 g/mol. The van der Waals surface area contributed by atoms with Crippen LogP contribution >= 0.6 is 0 Å². The third-order valence-corrected chi connectivity index (χ3v) is 3.50. The summed E-state index contributed by atoms with van der Waals surface area (Å²) >= 11 is 0. The second kappa shape index (κ2) is 6.69. The highest BCUT2D eigenvalue weighted by Gasteiger charge is 2.17. The molecule has 0 bridgehead atoms. The van der Waals surface area contributed by atoms with Crippen molar-refractivity contribution in [3.63, 3.8) is 0 Å². The summed E-state index contributed by atoms with van der Waals surface area (Å²) in [5.74, 6) is 2.13. The molecule has 0 radical (unpaired) electrons. The summed E-state index contributed by atoms with van der Waals surface area (Å²) in [6.07, 6.45) is 2.03. The fraction of sp³-hybridized carbons (Fsp3) is 0.467. The number of benzene rings is 1. The lowest BCUT2D eigenvalue weighted by atomic mass is 10.1. The first kappa shape index (κ1) is 14.0. The second-order valence-electron chi connectivity index (χ2n) is 5.07. The molecule has 1 unspecified atom stereocenters. The number of nitrogens with zero attached hydrogens (tertiary/aromatic N) is 2. The lowest BCUT2D eigenvalue weighted by Crippen LogP contribution is -2.33. The SMILES string of the molecule is COCc1noc(CNC2CCc3ccccc3OC2)n1. The van der Waals surface area contributed by atoms with Gasteiger partial charge in [-0.15, -0.1) is 0 Å². The Morgan fingerprint density at radius 1 is 1.38 bits per heavy atom. The Hall–Kier alpha value is -1.92. The van der Waals surface area contributed by atoms with Crippen molar-refractivity contribution in [3.05, 3.63) is 41.5 Å². The maximum atomic E-state index is 5.84. The summed E-state index contributed by atoms with van der Waals surface area (Å²) in [7, 11) is 1.61. The number of para-hydroxylation sites is 1. The van der Waals surface area contributed by atoms with Crippen LogP contribution in [0, 0.1) is 0 Å². The molecule has 1 aromatic heterocycles. The third kappa shape index (κ3) is 3.59. The summed E-state index contributed by atoms with van der Waals surface area (Å²) in [5, 5.41) is 7.24. The highest BCUT2D eigenvalue weighted by Crippen LogP contribution is 2.23. The van der Waals surface area contributed by atoms with Gasteiger partial charge in [-0.2, -0.15) is 4.98 Å². The fourth-order valence-electron chi connectivity index (χ4n) is 2.40. The zero-order chi connectivity index (χ0) is 14.5. The van der Waals surface area contributed by atoms with E-state index in [1.165, 1.54) is 5.56 Å². The molecule has 0 aliphatic carbocycles.